The lowest BCUT2D eigenvalue weighted by Gasteiger charge is -2.08. The molecular weight excluding hydrogens is 351 g/mol. The molecule has 13 heteroatoms. The first-order valence-electron chi connectivity index (χ1n) is 5.33. The van der Waals surface area contributed by atoms with Crippen LogP contribution in [0.3, 0.4) is 0 Å². The second kappa shape index (κ2) is 6.18. The Bertz CT molecular complexity index is 757. The smallest absolute Gasteiger partial charge is 0.277 e. The number of rotatable bonds is 5. The summed E-state index contributed by atoms with van der Waals surface area (Å²) in [5.41, 5.74) is 0.476. The number of amides is 1. The summed E-state index contributed by atoms with van der Waals surface area (Å²) in [6.45, 7) is 0. The van der Waals surface area contributed by atoms with Gasteiger partial charge in [-0.25, -0.2) is 21.8 Å². The standard InChI is InChI=1S/C9H10F3N3O5S2/c1-21(17,18)15-14-7(16)5-22(19,20)8-3-2-6(4-13-8)9(10,11)12/h2-4,15H,5H2,1H3,(H,14,16). The van der Waals surface area contributed by atoms with Gasteiger partial charge in [-0.15, -0.1) is 4.83 Å². The van der Waals surface area contributed by atoms with Gasteiger partial charge in [-0.2, -0.15) is 13.2 Å². The molecule has 0 aliphatic heterocycles. The normalized spacial score (nSPS) is 12.9. The zero-order valence-corrected chi connectivity index (χ0v) is 12.5. The molecule has 0 saturated heterocycles. The zero-order chi connectivity index (χ0) is 17.2. The molecule has 8 nitrogen and oxygen atoms in total. The van der Waals surface area contributed by atoms with E-state index in [9.17, 15) is 34.8 Å². The lowest BCUT2D eigenvalue weighted by molar-refractivity contribution is -0.137. The fourth-order valence-corrected chi connectivity index (χ4v) is 2.52. The Morgan fingerprint density at radius 3 is 2.23 bits per heavy atom. The third-order valence-corrected chi connectivity index (χ3v) is 4.07. The second-order valence-electron chi connectivity index (χ2n) is 4.06. The highest BCUT2D eigenvalue weighted by molar-refractivity contribution is 7.92. The number of hydrogen-bond donors (Lipinski definition) is 2. The van der Waals surface area contributed by atoms with Crippen molar-refractivity contribution < 1.29 is 34.8 Å². The first-order chi connectivity index (χ1) is 9.81. The third-order valence-electron chi connectivity index (χ3n) is 2.08. The fraction of sp³-hybridized carbons (Fsp3) is 0.333. The molecule has 0 aliphatic rings. The predicted molar refractivity (Wildman–Crippen MR) is 67.4 cm³/mol. The highest BCUT2D eigenvalue weighted by atomic mass is 32.2. The summed E-state index contributed by atoms with van der Waals surface area (Å²) >= 11 is 0. The summed E-state index contributed by atoms with van der Waals surface area (Å²) < 4.78 is 81.9. The average molecular weight is 361 g/mol. The van der Waals surface area contributed by atoms with Crippen LogP contribution in [0.2, 0.25) is 0 Å². The van der Waals surface area contributed by atoms with Crippen LogP contribution in [0.25, 0.3) is 0 Å². The number of nitrogens with zero attached hydrogens (tertiary/aromatic N) is 1. The molecule has 0 radical (unpaired) electrons. The van der Waals surface area contributed by atoms with Crippen molar-refractivity contribution in [2.75, 3.05) is 12.0 Å². The maximum atomic E-state index is 12.3. The number of halogens is 3. The first kappa shape index (κ1) is 18.3. The molecule has 0 aromatic carbocycles. The van der Waals surface area contributed by atoms with E-state index in [1.807, 2.05) is 0 Å². The number of sulfonamides is 1. The molecule has 124 valence electrons. The Morgan fingerprint density at radius 2 is 1.82 bits per heavy atom. The molecule has 1 heterocycles. The topological polar surface area (TPSA) is 122 Å². The number of hydrazine groups is 1. The maximum absolute atomic E-state index is 12.3. The number of pyridine rings is 1. The van der Waals surface area contributed by atoms with Crippen LogP contribution in [0.5, 0.6) is 0 Å². The minimum Gasteiger partial charge on any atom is -0.277 e. The van der Waals surface area contributed by atoms with Gasteiger partial charge in [-0.05, 0) is 12.1 Å². The molecular formula is C9H10F3N3O5S2. The van der Waals surface area contributed by atoms with E-state index in [0.717, 1.165) is 6.26 Å². The Kier molecular flexibility index (Phi) is 5.14. The minimum absolute atomic E-state index is 0.319. The van der Waals surface area contributed by atoms with Crippen LogP contribution in [0.4, 0.5) is 13.2 Å². The van der Waals surface area contributed by atoms with E-state index in [1.54, 1.807) is 10.3 Å². The molecule has 1 aromatic heterocycles. The number of alkyl halides is 3. The monoisotopic (exact) mass is 361 g/mol. The summed E-state index contributed by atoms with van der Waals surface area (Å²) in [5.74, 6) is -2.40. The molecule has 0 aliphatic carbocycles. The van der Waals surface area contributed by atoms with E-state index < -0.39 is 48.3 Å². The van der Waals surface area contributed by atoms with E-state index in [0.29, 0.717) is 18.3 Å². The van der Waals surface area contributed by atoms with Crippen molar-refractivity contribution in [3.63, 3.8) is 0 Å². The number of carbonyl (C=O) groups is 1. The van der Waals surface area contributed by atoms with Crippen LogP contribution < -0.4 is 10.3 Å². The van der Waals surface area contributed by atoms with Gasteiger partial charge in [0.25, 0.3) is 5.91 Å². The predicted octanol–water partition coefficient (Wildman–Crippen LogP) is -0.546. The van der Waals surface area contributed by atoms with Crippen LogP contribution in [0.15, 0.2) is 23.4 Å². The molecule has 0 saturated carbocycles. The van der Waals surface area contributed by atoms with Crippen molar-refractivity contribution in [1.82, 2.24) is 15.2 Å². The summed E-state index contributed by atoms with van der Waals surface area (Å²) in [6, 6.07) is 1.11. The molecule has 0 fully saturated rings. The van der Waals surface area contributed by atoms with Crippen molar-refractivity contribution in [2.24, 2.45) is 0 Å². The Morgan fingerprint density at radius 1 is 1.23 bits per heavy atom. The molecule has 0 spiro atoms. The Hall–Kier alpha value is -1.73. The van der Waals surface area contributed by atoms with Gasteiger partial charge < -0.3 is 0 Å². The van der Waals surface area contributed by atoms with Crippen LogP contribution in [0.1, 0.15) is 5.56 Å². The van der Waals surface area contributed by atoms with Gasteiger partial charge in [0.15, 0.2) is 5.03 Å². The van der Waals surface area contributed by atoms with Gasteiger partial charge in [0.05, 0.1) is 11.8 Å². The largest absolute Gasteiger partial charge is 0.417 e. The molecule has 1 rings (SSSR count). The summed E-state index contributed by atoms with van der Waals surface area (Å²) in [4.78, 5) is 16.0. The summed E-state index contributed by atoms with van der Waals surface area (Å²) in [6.07, 6.45) is -3.63. The number of carbonyl (C=O) groups excluding carboxylic acids is 1. The quantitative estimate of drug-likeness (QED) is 0.679. The van der Waals surface area contributed by atoms with Crippen molar-refractivity contribution >= 4 is 25.8 Å². The lowest BCUT2D eigenvalue weighted by atomic mass is 10.3. The van der Waals surface area contributed by atoms with Gasteiger partial charge in [-0.3, -0.25) is 10.2 Å². The number of sulfone groups is 1. The van der Waals surface area contributed by atoms with E-state index in [1.165, 1.54) is 0 Å². The van der Waals surface area contributed by atoms with Crippen molar-refractivity contribution in [1.29, 1.82) is 0 Å². The van der Waals surface area contributed by atoms with Crippen molar-refractivity contribution in [3.8, 4) is 0 Å². The molecule has 0 unspecified atom stereocenters. The van der Waals surface area contributed by atoms with E-state index in [2.05, 4.69) is 4.98 Å². The van der Waals surface area contributed by atoms with Crippen LogP contribution in [0, 0.1) is 0 Å². The van der Waals surface area contributed by atoms with E-state index in [4.69, 9.17) is 0 Å². The molecule has 2 N–H and O–H groups in total. The molecule has 0 atom stereocenters. The lowest BCUT2D eigenvalue weighted by Crippen LogP contribution is -2.43. The zero-order valence-electron chi connectivity index (χ0n) is 10.9. The molecule has 0 bridgehead atoms. The van der Waals surface area contributed by atoms with Crippen LogP contribution >= 0.6 is 0 Å². The molecule has 1 amide bonds. The fourth-order valence-electron chi connectivity index (χ4n) is 1.16. The van der Waals surface area contributed by atoms with Gasteiger partial charge in [0.1, 0.15) is 5.75 Å². The Balaban J connectivity index is 2.85. The second-order valence-corrected chi connectivity index (χ2v) is 7.75. The summed E-state index contributed by atoms with van der Waals surface area (Å²) in [7, 11) is -8.09. The van der Waals surface area contributed by atoms with E-state index in [-0.39, 0.29) is 0 Å². The highest BCUT2D eigenvalue weighted by Crippen LogP contribution is 2.28. The third kappa shape index (κ3) is 5.57. The highest BCUT2D eigenvalue weighted by Gasteiger charge is 2.31. The van der Waals surface area contributed by atoms with Crippen LogP contribution in [-0.2, 0) is 30.8 Å². The van der Waals surface area contributed by atoms with Crippen molar-refractivity contribution in [3.05, 3.63) is 23.9 Å². The maximum Gasteiger partial charge on any atom is 0.417 e. The van der Waals surface area contributed by atoms with Gasteiger partial charge in [0.2, 0.25) is 19.9 Å². The summed E-state index contributed by atoms with van der Waals surface area (Å²) in [5, 5.41) is -0.741. The first-order valence-corrected chi connectivity index (χ1v) is 8.87. The van der Waals surface area contributed by atoms with E-state index >= 15 is 0 Å². The minimum atomic E-state index is -4.67. The van der Waals surface area contributed by atoms with Gasteiger partial charge >= 0.3 is 6.18 Å². The average Bonchev–Trinajstić information content (AvgIpc) is 2.34. The SMILES string of the molecule is CS(=O)(=O)NNC(=O)CS(=O)(=O)c1ccc(C(F)(F)F)cn1. The number of nitrogens with one attached hydrogen (secondary N) is 2. The van der Waals surface area contributed by atoms with Crippen LogP contribution in [-0.4, -0.2) is 39.7 Å². The van der Waals surface area contributed by atoms with Crippen molar-refractivity contribution in [2.45, 2.75) is 11.2 Å². The Labute approximate surface area is 123 Å². The number of hydrogen-bond acceptors (Lipinski definition) is 6. The molecule has 1 aromatic rings. The molecule has 22 heavy (non-hydrogen) atoms. The van der Waals surface area contributed by atoms with Gasteiger partial charge in [-0.1, -0.05) is 0 Å². The van der Waals surface area contributed by atoms with Gasteiger partial charge in [0, 0.05) is 6.20 Å². The number of aromatic nitrogens is 1.